The summed E-state index contributed by atoms with van der Waals surface area (Å²) in [4.78, 5) is 4.27. The van der Waals surface area contributed by atoms with E-state index in [1.807, 2.05) is 12.3 Å². The first-order chi connectivity index (χ1) is 4.88. The number of hydrogen-bond acceptors (Lipinski definition) is 1. The molecule has 0 aromatic carbocycles. The molecule has 0 N–H and O–H groups in total. The van der Waals surface area contributed by atoms with E-state index in [1.165, 1.54) is 11.3 Å². The van der Waals surface area contributed by atoms with Gasteiger partial charge >= 0.3 is 0 Å². The fourth-order valence-electron chi connectivity index (χ4n) is 1.11. The van der Waals surface area contributed by atoms with Crippen molar-refractivity contribution in [2.24, 2.45) is 0 Å². The van der Waals surface area contributed by atoms with Crippen molar-refractivity contribution in [3.63, 3.8) is 0 Å². The Bertz CT molecular complexity index is 187. The van der Waals surface area contributed by atoms with Gasteiger partial charge in [0, 0.05) is 11.9 Å². The lowest BCUT2D eigenvalue weighted by Gasteiger charge is -2.01. The Morgan fingerprint density at radius 2 is 2.00 bits per heavy atom. The molecule has 11 heavy (non-hydrogen) atoms. The summed E-state index contributed by atoms with van der Waals surface area (Å²) in [7, 11) is 0. The van der Waals surface area contributed by atoms with Crippen molar-refractivity contribution in [1.82, 2.24) is 4.98 Å². The summed E-state index contributed by atoms with van der Waals surface area (Å²) in [5.74, 6) is 0. The molecule has 0 aliphatic heterocycles. The number of aryl methyl sites for hydroxylation is 2. The number of pyridine rings is 1. The topological polar surface area (TPSA) is 12.9 Å². The molecule has 60 valence electrons. The highest BCUT2D eigenvalue weighted by molar-refractivity contribution is 5.75. The van der Waals surface area contributed by atoms with E-state index < -0.39 is 0 Å². The maximum absolute atomic E-state index is 4.27. The van der Waals surface area contributed by atoms with Crippen LogP contribution in [0.2, 0.25) is 0 Å². The summed E-state index contributed by atoms with van der Waals surface area (Å²) < 4.78 is 0. The standard InChI is InChI=1S/C9H13N.BH3/c1-3-8-6-5-7-10-9(8)4-2;/h5-7H,3-4H2,1-2H3;1H3. The summed E-state index contributed by atoms with van der Waals surface area (Å²) >= 11 is 0. The van der Waals surface area contributed by atoms with Crippen LogP contribution in [-0.4, -0.2) is 13.4 Å². The van der Waals surface area contributed by atoms with E-state index in [9.17, 15) is 0 Å². The van der Waals surface area contributed by atoms with E-state index in [2.05, 4.69) is 24.9 Å². The Labute approximate surface area is 70.4 Å². The fraction of sp³-hybridized carbons (Fsp3) is 0.444. The van der Waals surface area contributed by atoms with Gasteiger partial charge in [-0.2, -0.15) is 0 Å². The minimum atomic E-state index is 0. The van der Waals surface area contributed by atoms with Gasteiger partial charge in [-0.15, -0.1) is 0 Å². The van der Waals surface area contributed by atoms with Crippen LogP contribution in [0.1, 0.15) is 25.1 Å². The Morgan fingerprint density at radius 3 is 2.45 bits per heavy atom. The highest BCUT2D eigenvalue weighted by Gasteiger charge is 1.95. The summed E-state index contributed by atoms with van der Waals surface area (Å²) in [6, 6.07) is 4.14. The van der Waals surface area contributed by atoms with Gasteiger partial charge in [0.15, 0.2) is 0 Å². The fourth-order valence-corrected chi connectivity index (χ4v) is 1.11. The molecule has 2 heteroatoms. The number of aromatic nitrogens is 1. The lowest BCUT2D eigenvalue weighted by molar-refractivity contribution is 0.964. The molecule has 0 aliphatic carbocycles. The first-order valence-electron chi connectivity index (χ1n) is 3.81. The molecule has 1 nitrogen and oxygen atoms in total. The van der Waals surface area contributed by atoms with Crippen molar-refractivity contribution in [2.75, 3.05) is 0 Å². The second-order valence-corrected chi connectivity index (χ2v) is 2.32. The summed E-state index contributed by atoms with van der Waals surface area (Å²) in [5, 5.41) is 0. The van der Waals surface area contributed by atoms with Gasteiger partial charge < -0.3 is 0 Å². The van der Waals surface area contributed by atoms with Gasteiger partial charge in [-0.25, -0.2) is 0 Å². The Balaban J connectivity index is 0.000001000. The summed E-state index contributed by atoms with van der Waals surface area (Å²) in [6.45, 7) is 4.30. The Hall–Kier alpha value is -0.785. The zero-order chi connectivity index (χ0) is 7.40. The van der Waals surface area contributed by atoms with Crippen LogP contribution in [0, 0.1) is 0 Å². The molecule has 1 rings (SSSR count). The van der Waals surface area contributed by atoms with Gasteiger partial charge in [0.1, 0.15) is 0 Å². The zero-order valence-electron chi connectivity index (χ0n) is 6.59. The Morgan fingerprint density at radius 1 is 1.27 bits per heavy atom. The molecule has 0 saturated carbocycles. The summed E-state index contributed by atoms with van der Waals surface area (Å²) in [5.41, 5.74) is 2.62. The van der Waals surface area contributed by atoms with Crippen molar-refractivity contribution in [2.45, 2.75) is 26.7 Å². The molecule has 1 aromatic heterocycles. The van der Waals surface area contributed by atoms with Crippen molar-refractivity contribution in [1.29, 1.82) is 0 Å². The molecule has 1 aromatic rings. The van der Waals surface area contributed by atoms with Crippen molar-refractivity contribution in [3.05, 3.63) is 29.6 Å². The monoisotopic (exact) mass is 149 g/mol. The molecule has 0 atom stereocenters. The largest absolute Gasteiger partial charge is 0.261 e. The molecule has 0 bridgehead atoms. The first-order valence-corrected chi connectivity index (χ1v) is 3.81. The van der Waals surface area contributed by atoms with Gasteiger partial charge in [0.25, 0.3) is 0 Å². The van der Waals surface area contributed by atoms with Crippen LogP contribution in [0.3, 0.4) is 0 Å². The molecule has 0 aliphatic rings. The van der Waals surface area contributed by atoms with Crippen molar-refractivity contribution < 1.29 is 0 Å². The molecular formula is C9H16BN. The highest BCUT2D eigenvalue weighted by atomic mass is 14.7. The second-order valence-electron chi connectivity index (χ2n) is 2.32. The van der Waals surface area contributed by atoms with Crippen molar-refractivity contribution >= 4 is 8.41 Å². The maximum Gasteiger partial charge on any atom is 0.0814 e. The molecule has 0 fully saturated rings. The third kappa shape index (κ3) is 2.37. The van der Waals surface area contributed by atoms with Crippen LogP contribution in [0.5, 0.6) is 0 Å². The number of hydrogen-bond donors (Lipinski definition) is 0. The van der Waals surface area contributed by atoms with Gasteiger partial charge in [0.2, 0.25) is 0 Å². The minimum Gasteiger partial charge on any atom is -0.261 e. The van der Waals surface area contributed by atoms with E-state index in [0.29, 0.717) is 0 Å². The van der Waals surface area contributed by atoms with Gasteiger partial charge in [-0.05, 0) is 24.5 Å². The number of nitrogens with zero attached hydrogens (tertiary/aromatic N) is 1. The Kier molecular flexibility index (Phi) is 4.59. The minimum absolute atomic E-state index is 0. The van der Waals surface area contributed by atoms with Gasteiger partial charge in [-0.1, -0.05) is 19.9 Å². The van der Waals surface area contributed by atoms with Crippen LogP contribution in [0.4, 0.5) is 0 Å². The lowest BCUT2D eigenvalue weighted by atomic mass is 10.1. The predicted molar refractivity (Wildman–Crippen MR) is 52.9 cm³/mol. The average molecular weight is 149 g/mol. The quantitative estimate of drug-likeness (QED) is 0.572. The zero-order valence-corrected chi connectivity index (χ0v) is 6.59. The number of rotatable bonds is 2. The molecule has 0 saturated heterocycles. The second kappa shape index (κ2) is 4.94. The molecular weight excluding hydrogens is 133 g/mol. The molecule has 1 heterocycles. The maximum atomic E-state index is 4.27. The normalized spacial score (nSPS) is 8.91. The van der Waals surface area contributed by atoms with E-state index in [1.54, 1.807) is 0 Å². The van der Waals surface area contributed by atoms with Crippen LogP contribution in [0.15, 0.2) is 18.3 Å². The molecule has 0 unspecified atom stereocenters. The third-order valence-corrected chi connectivity index (χ3v) is 1.70. The molecule has 0 amide bonds. The van der Waals surface area contributed by atoms with Crippen molar-refractivity contribution in [3.8, 4) is 0 Å². The first kappa shape index (κ1) is 10.2. The van der Waals surface area contributed by atoms with E-state index in [0.717, 1.165) is 12.8 Å². The molecule has 0 spiro atoms. The SMILES string of the molecule is B.CCc1cccnc1CC. The average Bonchev–Trinajstić information content (AvgIpc) is 2.04. The smallest absolute Gasteiger partial charge is 0.0814 e. The van der Waals surface area contributed by atoms with Crippen LogP contribution < -0.4 is 0 Å². The third-order valence-electron chi connectivity index (χ3n) is 1.70. The van der Waals surface area contributed by atoms with E-state index in [-0.39, 0.29) is 8.41 Å². The summed E-state index contributed by atoms with van der Waals surface area (Å²) in [6.07, 6.45) is 4.00. The van der Waals surface area contributed by atoms with E-state index >= 15 is 0 Å². The van der Waals surface area contributed by atoms with E-state index in [4.69, 9.17) is 0 Å². The van der Waals surface area contributed by atoms with Crippen LogP contribution in [-0.2, 0) is 12.8 Å². The lowest BCUT2D eigenvalue weighted by Crippen LogP contribution is -1.92. The van der Waals surface area contributed by atoms with Crippen LogP contribution >= 0.6 is 0 Å². The molecule has 0 radical (unpaired) electrons. The van der Waals surface area contributed by atoms with Crippen LogP contribution in [0.25, 0.3) is 0 Å². The van der Waals surface area contributed by atoms with Gasteiger partial charge in [0.05, 0.1) is 8.41 Å². The predicted octanol–water partition coefficient (Wildman–Crippen LogP) is 1.02. The van der Waals surface area contributed by atoms with Gasteiger partial charge in [-0.3, -0.25) is 4.98 Å². The highest BCUT2D eigenvalue weighted by Crippen LogP contribution is 2.05.